The molecule has 2 bridgehead atoms. The Morgan fingerprint density at radius 1 is 1.00 bits per heavy atom. The second kappa shape index (κ2) is 8.67. The third-order valence-electron chi connectivity index (χ3n) is 9.45. The monoisotopic (exact) mass is 510 g/mol. The first kappa shape index (κ1) is 23.4. The highest BCUT2D eigenvalue weighted by Gasteiger charge is 2.63. The van der Waals surface area contributed by atoms with Crippen LogP contribution in [-0.2, 0) is 16.1 Å². The smallest absolute Gasteiger partial charge is 0.255 e. The Morgan fingerprint density at radius 2 is 1.79 bits per heavy atom. The van der Waals surface area contributed by atoms with Gasteiger partial charge in [-0.1, -0.05) is 24.6 Å². The summed E-state index contributed by atoms with van der Waals surface area (Å²) in [4.78, 5) is 42.0. The molecule has 8 nitrogen and oxygen atoms in total. The summed E-state index contributed by atoms with van der Waals surface area (Å²) in [5, 5.41) is 11.9. The standard InChI is InChI=1S/C30H30N4O4/c31-14-18-5-1-2-6-23(18)21-15-33(16-21)25-7-3-4-8-26(25)38-22-9-10-24-19(11-22)17-34(28(24)36)30-12-20(13-30)27(35)32-29(30)37/h1-2,5-6,9-11,20-21,25-26H,3-4,7-8,12-13,15-17H2,(H,32,35,37)/t20?,25?,26-,30?/m1/s1. The minimum Gasteiger partial charge on any atom is -0.489 e. The molecule has 1 N–H and O–H groups in total. The van der Waals surface area contributed by atoms with E-state index in [9.17, 15) is 19.6 Å². The van der Waals surface area contributed by atoms with Crippen molar-refractivity contribution in [1.82, 2.24) is 15.1 Å². The van der Waals surface area contributed by atoms with Crippen LogP contribution in [0.5, 0.6) is 5.75 Å². The van der Waals surface area contributed by atoms with Gasteiger partial charge in [0.05, 0.1) is 11.6 Å². The highest BCUT2D eigenvalue weighted by atomic mass is 16.5. The number of rotatable bonds is 5. The van der Waals surface area contributed by atoms with Gasteiger partial charge in [-0.3, -0.25) is 24.6 Å². The van der Waals surface area contributed by atoms with Crippen LogP contribution in [0.1, 0.15) is 71.5 Å². The molecule has 38 heavy (non-hydrogen) atoms. The number of carbonyl (C=O) groups is 3. The van der Waals surface area contributed by atoms with Crippen LogP contribution in [0.2, 0.25) is 0 Å². The topological polar surface area (TPSA) is 103 Å². The van der Waals surface area contributed by atoms with E-state index in [1.807, 2.05) is 36.4 Å². The van der Waals surface area contributed by atoms with Gasteiger partial charge in [0.2, 0.25) is 5.91 Å². The zero-order chi connectivity index (χ0) is 26.0. The van der Waals surface area contributed by atoms with Gasteiger partial charge in [0, 0.05) is 43.1 Å². The Morgan fingerprint density at radius 3 is 2.58 bits per heavy atom. The molecule has 6 aliphatic rings. The number of hydrogen-bond acceptors (Lipinski definition) is 6. The molecule has 3 amide bonds. The van der Waals surface area contributed by atoms with Crippen LogP contribution in [-0.4, -0.2) is 58.3 Å². The van der Waals surface area contributed by atoms with E-state index in [1.54, 1.807) is 4.90 Å². The quantitative estimate of drug-likeness (QED) is 0.620. The van der Waals surface area contributed by atoms with Crippen molar-refractivity contribution in [2.75, 3.05) is 13.1 Å². The maximum absolute atomic E-state index is 13.2. The molecular weight excluding hydrogens is 480 g/mol. The second-order valence-electron chi connectivity index (χ2n) is 11.5. The van der Waals surface area contributed by atoms with Crippen LogP contribution in [0.15, 0.2) is 42.5 Å². The van der Waals surface area contributed by atoms with Crippen LogP contribution in [0.4, 0.5) is 0 Å². The summed E-state index contributed by atoms with van der Waals surface area (Å²) in [6.45, 7) is 2.23. The lowest BCUT2D eigenvalue weighted by Gasteiger charge is -2.53. The van der Waals surface area contributed by atoms with Crippen molar-refractivity contribution in [3.8, 4) is 11.8 Å². The molecule has 2 aromatic carbocycles. The summed E-state index contributed by atoms with van der Waals surface area (Å²) in [6.07, 6.45) is 5.29. The molecule has 2 atom stereocenters. The second-order valence-corrected chi connectivity index (χ2v) is 11.5. The van der Waals surface area contributed by atoms with Crippen molar-refractivity contribution < 1.29 is 19.1 Å². The van der Waals surface area contributed by atoms with E-state index >= 15 is 0 Å². The fourth-order valence-corrected chi connectivity index (χ4v) is 7.26. The Kier molecular flexibility index (Phi) is 5.34. The summed E-state index contributed by atoms with van der Waals surface area (Å²) >= 11 is 0. The van der Waals surface area contributed by atoms with Gasteiger partial charge in [-0.05, 0) is 67.5 Å². The van der Waals surface area contributed by atoms with E-state index in [0.29, 0.717) is 36.9 Å². The van der Waals surface area contributed by atoms with Crippen LogP contribution >= 0.6 is 0 Å². The van der Waals surface area contributed by atoms with Crippen molar-refractivity contribution in [3.05, 3.63) is 64.7 Å². The van der Waals surface area contributed by atoms with Gasteiger partial charge in [-0.15, -0.1) is 0 Å². The summed E-state index contributed by atoms with van der Waals surface area (Å²) in [7, 11) is 0. The predicted molar refractivity (Wildman–Crippen MR) is 137 cm³/mol. The van der Waals surface area contributed by atoms with Crippen LogP contribution < -0.4 is 10.1 Å². The van der Waals surface area contributed by atoms with E-state index in [4.69, 9.17) is 4.74 Å². The normalized spacial score (nSPS) is 30.7. The predicted octanol–water partition coefficient (Wildman–Crippen LogP) is 3.11. The third-order valence-corrected chi connectivity index (χ3v) is 9.45. The molecule has 4 aliphatic heterocycles. The van der Waals surface area contributed by atoms with E-state index in [-0.39, 0.29) is 29.7 Å². The average molecular weight is 511 g/mol. The minimum atomic E-state index is -0.900. The first-order valence-corrected chi connectivity index (χ1v) is 13.7. The number of likely N-dealkylation sites (tertiary alicyclic amines) is 1. The molecule has 194 valence electrons. The maximum Gasteiger partial charge on any atom is 0.255 e. The summed E-state index contributed by atoms with van der Waals surface area (Å²) in [5.41, 5.74) is 2.49. The van der Waals surface area contributed by atoms with Gasteiger partial charge in [0.25, 0.3) is 11.8 Å². The van der Waals surface area contributed by atoms with Gasteiger partial charge in [0.15, 0.2) is 0 Å². The Bertz CT molecular complexity index is 1380. The lowest BCUT2D eigenvalue weighted by atomic mass is 9.63. The summed E-state index contributed by atoms with van der Waals surface area (Å²) in [6, 6.07) is 16.2. The number of piperidine rings is 2. The summed E-state index contributed by atoms with van der Waals surface area (Å²) in [5.74, 6) is 0.243. The average Bonchev–Trinajstić information content (AvgIpc) is 3.19. The van der Waals surface area contributed by atoms with Gasteiger partial charge in [-0.2, -0.15) is 5.26 Å². The van der Waals surface area contributed by atoms with Gasteiger partial charge >= 0.3 is 0 Å². The lowest BCUT2D eigenvalue weighted by molar-refractivity contribution is -0.160. The number of carbonyl (C=O) groups excluding carboxylic acids is 3. The van der Waals surface area contributed by atoms with Crippen molar-refractivity contribution in [1.29, 1.82) is 5.26 Å². The first-order valence-electron chi connectivity index (χ1n) is 13.7. The van der Waals surface area contributed by atoms with Gasteiger partial charge < -0.3 is 9.64 Å². The molecule has 0 radical (unpaired) electrons. The number of ether oxygens (including phenoxy) is 1. The van der Waals surface area contributed by atoms with E-state index in [2.05, 4.69) is 22.4 Å². The van der Waals surface area contributed by atoms with Crippen molar-refractivity contribution >= 4 is 17.7 Å². The number of nitrogens with zero attached hydrogens (tertiary/aromatic N) is 3. The largest absolute Gasteiger partial charge is 0.489 e. The molecule has 1 unspecified atom stereocenters. The Labute approximate surface area is 221 Å². The molecule has 4 heterocycles. The number of nitrogens with one attached hydrogen (secondary N) is 1. The van der Waals surface area contributed by atoms with E-state index < -0.39 is 5.54 Å². The number of fused-ring (bicyclic) bond motifs is 3. The van der Waals surface area contributed by atoms with Crippen LogP contribution in [0.25, 0.3) is 0 Å². The number of nitriles is 1. The fraction of sp³-hybridized carbons (Fsp3) is 0.467. The zero-order valence-corrected chi connectivity index (χ0v) is 21.2. The number of imide groups is 1. The first-order chi connectivity index (χ1) is 18.5. The maximum atomic E-state index is 13.2. The molecule has 2 aromatic rings. The Hall–Kier alpha value is -3.70. The van der Waals surface area contributed by atoms with Gasteiger partial charge in [-0.25, -0.2) is 0 Å². The summed E-state index contributed by atoms with van der Waals surface area (Å²) < 4.78 is 6.57. The molecule has 2 saturated carbocycles. The van der Waals surface area contributed by atoms with Crippen molar-refractivity contribution in [3.63, 3.8) is 0 Å². The highest BCUT2D eigenvalue weighted by Crippen LogP contribution is 2.49. The lowest BCUT2D eigenvalue weighted by Crippen LogP contribution is -2.73. The molecule has 8 heteroatoms. The van der Waals surface area contributed by atoms with E-state index in [1.165, 1.54) is 6.42 Å². The zero-order valence-electron chi connectivity index (χ0n) is 21.2. The van der Waals surface area contributed by atoms with E-state index in [0.717, 1.165) is 54.8 Å². The molecule has 5 fully saturated rings. The molecule has 2 aliphatic carbocycles. The fourth-order valence-electron chi connectivity index (χ4n) is 7.26. The van der Waals surface area contributed by atoms with Crippen LogP contribution in [0.3, 0.4) is 0 Å². The Balaban J connectivity index is 1.04. The molecule has 3 saturated heterocycles. The highest BCUT2D eigenvalue weighted by molar-refractivity contribution is 6.10. The van der Waals surface area contributed by atoms with Crippen LogP contribution in [0, 0.1) is 17.2 Å². The molecule has 0 aromatic heterocycles. The molecular formula is C30H30N4O4. The van der Waals surface area contributed by atoms with Crippen molar-refractivity contribution in [2.24, 2.45) is 5.92 Å². The SMILES string of the molecule is N#Cc1ccccc1C1CN(C2CCCC[C@H]2Oc2ccc3c(c2)CN(C24CC(C2)C(=O)NC4=O)C3=O)C1. The van der Waals surface area contributed by atoms with Crippen molar-refractivity contribution in [2.45, 2.75) is 68.7 Å². The molecule has 0 spiro atoms. The van der Waals surface area contributed by atoms with Gasteiger partial charge in [0.1, 0.15) is 17.4 Å². The minimum absolute atomic E-state index is 0.0725. The number of hydrogen-bond donors (Lipinski definition) is 1. The molecule has 8 rings (SSSR count). The number of amides is 3. The number of benzene rings is 2. The third kappa shape index (κ3) is 3.48.